The van der Waals surface area contributed by atoms with Crippen LogP contribution in [-0.4, -0.2) is 20.9 Å². The third-order valence-electron chi connectivity index (χ3n) is 4.05. The summed E-state index contributed by atoms with van der Waals surface area (Å²) in [5, 5.41) is 14.5. The largest absolute Gasteiger partial charge is 0.478 e. The van der Waals surface area contributed by atoms with Crippen LogP contribution in [0.1, 0.15) is 38.2 Å². The number of aromatic nitrogens is 2. The first-order valence-corrected chi connectivity index (χ1v) is 9.02. The van der Waals surface area contributed by atoms with E-state index in [9.17, 15) is 4.79 Å². The van der Waals surface area contributed by atoms with Crippen LogP contribution in [0.25, 0.3) is 16.3 Å². The van der Waals surface area contributed by atoms with E-state index in [2.05, 4.69) is 43.2 Å². The van der Waals surface area contributed by atoms with Gasteiger partial charge in [0.15, 0.2) is 3.95 Å². The minimum atomic E-state index is -0.863. The third kappa shape index (κ3) is 3.39. The van der Waals surface area contributed by atoms with Crippen molar-refractivity contribution >= 4 is 35.2 Å². The predicted octanol–water partition coefficient (Wildman–Crippen LogP) is 5.11. The molecule has 1 heterocycles. The number of benzene rings is 1. The van der Waals surface area contributed by atoms with E-state index in [-0.39, 0.29) is 0 Å². The fourth-order valence-corrected chi connectivity index (χ4v) is 3.75. The molecule has 0 spiro atoms. The molecule has 2 aromatic rings. The Morgan fingerprint density at radius 3 is 2.50 bits per heavy atom. The van der Waals surface area contributed by atoms with Crippen LogP contribution in [0.3, 0.4) is 0 Å². The number of allylic oxidation sites excluding steroid dienone is 3. The Kier molecular flexibility index (Phi) is 4.78. The number of carboxylic acid groups (broad SMARTS) is 1. The number of carbonyl (C=O) groups is 1. The molecule has 0 aliphatic heterocycles. The normalized spacial score (nSPS) is 14.5. The fourth-order valence-electron chi connectivity index (χ4n) is 2.57. The minimum Gasteiger partial charge on any atom is -0.478 e. The zero-order chi connectivity index (χ0) is 17.3. The van der Waals surface area contributed by atoms with Gasteiger partial charge in [-0.15, -0.1) is 0 Å². The third-order valence-corrected chi connectivity index (χ3v) is 5.33. The average Bonchev–Trinajstić information content (AvgIpc) is 2.97. The zero-order valence-electron chi connectivity index (χ0n) is 13.5. The van der Waals surface area contributed by atoms with Crippen molar-refractivity contribution < 1.29 is 9.90 Å². The molecule has 6 heteroatoms. The Morgan fingerprint density at radius 2 is 1.96 bits per heavy atom. The summed E-state index contributed by atoms with van der Waals surface area (Å²) >= 11 is 6.91. The SMILES string of the molecule is CC(C)c1ccc(-c2nn(C3=CC=C(C(=O)O)CC3)c(=S)s2)cc1. The molecule has 1 aliphatic carbocycles. The quantitative estimate of drug-likeness (QED) is 0.772. The lowest BCUT2D eigenvalue weighted by atomic mass is 10.0. The molecule has 24 heavy (non-hydrogen) atoms. The van der Waals surface area contributed by atoms with Gasteiger partial charge in [0.25, 0.3) is 0 Å². The molecular weight excluding hydrogens is 340 g/mol. The summed E-state index contributed by atoms with van der Waals surface area (Å²) in [7, 11) is 0. The predicted molar refractivity (Wildman–Crippen MR) is 99.7 cm³/mol. The van der Waals surface area contributed by atoms with E-state index < -0.39 is 5.97 Å². The Hall–Kier alpha value is -2.05. The van der Waals surface area contributed by atoms with Crippen molar-refractivity contribution in [3.8, 4) is 10.6 Å². The van der Waals surface area contributed by atoms with Crippen molar-refractivity contribution in [2.24, 2.45) is 0 Å². The van der Waals surface area contributed by atoms with Gasteiger partial charge >= 0.3 is 5.97 Å². The molecule has 1 N–H and O–H groups in total. The van der Waals surface area contributed by atoms with Gasteiger partial charge in [0.1, 0.15) is 5.01 Å². The van der Waals surface area contributed by atoms with E-state index in [1.165, 1.54) is 16.9 Å². The summed E-state index contributed by atoms with van der Waals surface area (Å²) in [4.78, 5) is 11.0. The molecular formula is C18H18N2O2S2. The molecule has 0 atom stereocenters. The highest BCUT2D eigenvalue weighted by Gasteiger charge is 2.16. The van der Waals surface area contributed by atoms with Gasteiger partial charge in [-0.05, 0) is 48.7 Å². The zero-order valence-corrected chi connectivity index (χ0v) is 15.2. The first-order valence-electron chi connectivity index (χ1n) is 7.79. The Morgan fingerprint density at radius 1 is 1.25 bits per heavy atom. The lowest BCUT2D eigenvalue weighted by Gasteiger charge is -2.11. The van der Waals surface area contributed by atoms with Gasteiger partial charge in [-0.25, -0.2) is 9.48 Å². The molecule has 0 radical (unpaired) electrons. The van der Waals surface area contributed by atoms with Gasteiger partial charge in [0, 0.05) is 16.8 Å². The smallest absolute Gasteiger partial charge is 0.331 e. The van der Waals surface area contributed by atoms with Crippen molar-refractivity contribution in [2.75, 3.05) is 0 Å². The van der Waals surface area contributed by atoms with Crippen LogP contribution in [0.2, 0.25) is 0 Å². The molecule has 3 rings (SSSR count). The first kappa shape index (κ1) is 16.8. The molecule has 0 unspecified atom stereocenters. The van der Waals surface area contributed by atoms with Crippen LogP contribution >= 0.6 is 23.6 Å². The van der Waals surface area contributed by atoms with Crippen molar-refractivity contribution in [1.29, 1.82) is 0 Å². The van der Waals surface area contributed by atoms with E-state index in [0.29, 0.717) is 28.3 Å². The van der Waals surface area contributed by atoms with E-state index in [1.54, 1.807) is 16.8 Å². The van der Waals surface area contributed by atoms with Crippen molar-refractivity contribution in [3.63, 3.8) is 0 Å². The molecule has 0 saturated carbocycles. The Bertz CT molecular complexity index is 886. The van der Waals surface area contributed by atoms with Crippen LogP contribution in [-0.2, 0) is 4.79 Å². The lowest BCUT2D eigenvalue weighted by Crippen LogP contribution is -2.07. The highest BCUT2D eigenvalue weighted by atomic mass is 32.1. The summed E-state index contributed by atoms with van der Waals surface area (Å²) in [6, 6.07) is 8.39. The molecule has 1 aromatic heterocycles. The molecule has 1 aromatic carbocycles. The second-order valence-corrected chi connectivity index (χ2v) is 7.64. The number of nitrogens with zero attached hydrogens (tertiary/aromatic N) is 2. The van der Waals surface area contributed by atoms with Gasteiger partial charge in [0.2, 0.25) is 0 Å². The van der Waals surface area contributed by atoms with E-state index in [4.69, 9.17) is 17.3 Å². The van der Waals surface area contributed by atoms with Gasteiger partial charge in [-0.1, -0.05) is 49.4 Å². The molecule has 0 amide bonds. The molecule has 0 fully saturated rings. The summed E-state index contributed by atoms with van der Waals surface area (Å²) < 4.78 is 2.43. The van der Waals surface area contributed by atoms with Gasteiger partial charge in [-0.3, -0.25) is 0 Å². The monoisotopic (exact) mass is 358 g/mol. The van der Waals surface area contributed by atoms with Crippen LogP contribution < -0.4 is 0 Å². The second-order valence-electron chi connectivity index (χ2n) is 6.02. The lowest BCUT2D eigenvalue weighted by molar-refractivity contribution is -0.132. The van der Waals surface area contributed by atoms with Gasteiger partial charge in [-0.2, -0.15) is 5.10 Å². The number of hydrogen-bond acceptors (Lipinski definition) is 4. The number of rotatable bonds is 4. The van der Waals surface area contributed by atoms with Crippen molar-refractivity contribution in [3.05, 3.63) is 51.5 Å². The molecule has 124 valence electrons. The summed E-state index contributed by atoms with van der Waals surface area (Å²) in [6.45, 7) is 4.34. The van der Waals surface area contributed by atoms with E-state index >= 15 is 0 Å². The van der Waals surface area contributed by atoms with Gasteiger partial charge < -0.3 is 5.11 Å². The molecule has 1 aliphatic rings. The highest BCUT2D eigenvalue weighted by molar-refractivity contribution is 7.73. The number of carboxylic acids is 1. The molecule has 0 bridgehead atoms. The summed E-state index contributed by atoms with van der Waals surface area (Å²) in [5.74, 6) is -0.365. The second kappa shape index (κ2) is 6.83. The Balaban J connectivity index is 1.91. The van der Waals surface area contributed by atoms with Crippen LogP contribution in [0.4, 0.5) is 0 Å². The molecule has 0 saturated heterocycles. The number of aliphatic carboxylic acids is 1. The Labute approximate surface area is 149 Å². The first-order chi connectivity index (χ1) is 11.5. The standard InChI is InChI=1S/C18H18N2O2S2/c1-11(2)12-3-5-13(6-4-12)16-19-20(18(23)24-16)15-9-7-14(8-10-15)17(21)22/h3-7,9,11H,8,10H2,1-2H3,(H,21,22). The topological polar surface area (TPSA) is 55.1 Å². The van der Waals surface area contributed by atoms with E-state index in [1.807, 2.05) is 0 Å². The van der Waals surface area contributed by atoms with Crippen molar-refractivity contribution in [2.45, 2.75) is 32.6 Å². The average molecular weight is 358 g/mol. The van der Waals surface area contributed by atoms with Crippen LogP contribution in [0, 0.1) is 3.95 Å². The minimum absolute atomic E-state index is 0.421. The van der Waals surface area contributed by atoms with Crippen LogP contribution in [0.15, 0.2) is 42.0 Å². The maximum Gasteiger partial charge on any atom is 0.331 e. The van der Waals surface area contributed by atoms with E-state index in [0.717, 1.165) is 16.3 Å². The summed E-state index contributed by atoms with van der Waals surface area (Å²) in [5.41, 5.74) is 3.70. The maximum absolute atomic E-state index is 11.0. The highest BCUT2D eigenvalue weighted by Crippen LogP contribution is 2.29. The van der Waals surface area contributed by atoms with Crippen LogP contribution in [0.5, 0.6) is 0 Å². The van der Waals surface area contributed by atoms with Crippen molar-refractivity contribution in [1.82, 2.24) is 9.78 Å². The fraction of sp³-hybridized carbons (Fsp3) is 0.278. The summed E-state index contributed by atoms with van der Waals surface area (Å²) in [6.07, 6.45) is 4.56. The van der Waals surface area contributed by atoms with Gasteiger partial charge in [0.05, 0.1) is 0 Å². The maximum atomic E-state index is 11.0. The number of hydrogen-bond donors (Lipinski definition) is 1. The molecule has 4 nitrogen and oxygen atoms in total.